The molecule has 0 aliphatic heterocycles. The number of methoxy groups -OCH3 is 1. The average molecular weight is 379 g/mol. The summed E-state index contributed by atoms with van der Waals surface area (Å²) in [4.78, 5) is 23.5. The Balaban J connectivity index is 2.01. The number of anilines is 2. The maximum atomic E-state index is 12.0. The fraction of sp³-hybridized carbons (Fsp3) is 0.111. The molecule has 130 valence electrons. The third-order valence-electron chi connectivity index (χ3n) is 3.06. The zero-order valence-electron chi connectivity index (χ0n) is 13.4. The molecular weight excluding hydrogens is 363 g/mol. The number of carbonyl (C=O) groups excluding carboxylic acids is 2. The van der Waals surface area contributed by atoms with Crippen molar-refractivity contribution in [2.45, 2.75) is 0 Å². The molecule has 0 saturated carbocycles. The highest BCUT2D eigenvalue weighted by atomic mass is 35.5. The van der Waals surface area contributed by atoms with E-state index in [9.17, 15) is 9.59 Å². The van der Waals surface area contributed by atoms with Crippen molar-refractivity contribution in [3.05, 3.63) is 64.1 Å². The van der Waals surface area contributed by atoms with Crippen molar-refractivity contribution in [2.75, 3.05) is 24.4 Å². The van der Waals surface area contributed by atoms with Crippen LogP contribution in [0.15, 0.2) is 48.5 Å². The predicted octanol–water partition coefficient (Wildman–Crippen LogP) is 4.23. The van der Waals surface area contributed by atoms with E-state index in [1.807, 2.05) is 0 Å². The van der Waals surface area contributed by atoms with E-state index in [0.717, 1.165) is 0 Å². The zero-order valence-corrected chi connectivity index (χ0v) is 14.9. The summed E-state index contributed by atoms with van der Waals surface area (Å²) in [5.41, 5.74) is 1.74. The van der Waals surface area contributed by atoms with Crippen LogP contribution in [0.2, 0.25) is 10.0 Å². The summed E-state index contributed by atoms with van der Waals surface area (Å²) in [5.74, 6) is -0.613. The molecule has 2 amide bonds. The van der Waals surface area contributed by atoms with Gasteiger partial charge in [0.05, 0.1) is 0 Å². The summed E-state index contributed by atoms with van der Waals surface area (Å²) in [6.45, 7) is -0.0419. The van der Waals surface area contributed by atoms with Gasteiger partial charge in [0.15, 0.2) is 0 Å². The van der Waals surface area contributed by atoms with Gasteiger partial charge in [-0.2, -0.15) is 0 Å². The van der Waals surface area contributed by atoms with E-state index >= 15 is 0 Å². The molecule has 2 aromatic rings. The van der Waals surface area contributed by atoms with Gasteiger partial charge in [0.1, 0.15) is 6.61 Å². The number of hydrogen-bond donors (Lipinski definition) is 2. The summed E-state index contributed by atoms with van der Waals surface area (Å²) >= 11 is 11.9. The first kappa shape index (κ1) is 19.0. The summed E-state index contributed by atoms with van der Waals surface area (Å²) in [7, 11) is 1.44. The highest BCUT2D eigenvalue weighted by molar-refractivity contribution is 6.34. The Hall–Kier alpha value is -2.34. The second-order valence-corrected chi connectivity index (χ2v) is 5.89. The third kappa shape index (κ3) is 6.23. The number of ether oxygens (including phenoxy) is 1. The molecule has 0 aliphatic rings. The smallest absolute Gasteiger partial charge is 0.250 e. The number of nitrogens with one attached hydrogen (secondary N) is 2. The van der Waals surface area contributed by atoms with Gasteiger partial charge in [0.2, 0.25) is 11.8 Å². The van der Waals surface area contributed by atoms with Crippen molar-refractivity contribution in [3.63, 3.8) is 0 Å². The summed E-state index contributed by atoms with van der Waals surface area (Å²) in [6, 6.07) is 11.8. The molecule has 2 rings (SSSR count). The first-order valence-corrected chi connectivity index (χ1v) is 8.06. The highest BCUT2D eigenvalue weighted by Crippen LogP contribution is 2.22. The summed E-state index contributed by atoms with van der Waals surface area (Å²) < 4.78 is 4.75. The van der Waals surface area contributed by atoms with Gasteiger partial charge in [-0.3, -0.25) is 9.59 Å². The molecule has 0 bridgehead atoms. The molecule has 0 fully saturated rings. The van der Waals surface area contributed by atoms with Gasteiger partial charge >= 0.3 is 0 Å². The molecule has 0 saturated heterocycles. The molecular formula is C18H16Cl2N2O3. The van der Waals surface area contributed by atoms with Crippen molar-refractivity contribution in [1.29, 1.82) is 0 Å². The van der Waals surface area contributed by atoms with E-state index in [1.165, 1.54) is 13.2 Å². The molecule has 7 heteroatoms. The third-order valence-corrected chi connectivity index (χ3v) is 3.64. The number of amides is 2. The second kappa shape index (κ2) is 9.22. The maximum absolute atomic E-state index is 12.0. The Bertz CT molecular complexity index is 807. The lowest BCUT2D eigenvalue weighted by atomic mass is 10.2. The van der Waals surface area contributed by atoms with Crippen LogP contribution < -0.4 is 10.6 Å². The quantitative estimate of drug-likeness (QED) is 0.739. The van der Waals surface area contributed by atoms with Crippen molar-refractivity contribution in [3.8, 4) is 0 Å². The van der Waals surface area contributed by atoms with Gasteiger partial charge in [0.25, 0.3) is 0 Å². The van der Waals surface area contributed by atoms with Crippen molar-refractivity contribution in [2.24, 2.45) is 0 Å². The van der Waals surface area contributed by atoms with Crippen LogP contribution in [-0.2, 0) is 14.3 Å². The molecule has 2 N–H and O–H groups in total. The van der Waals surface area contributed by atoms with Crippen LogP contribution in [0.1, 0.15) is 5.56 Å². The number of benzene rings is 2. The highest BCUT2D eigenvalue weighted by Gasteiger charge is 2.04. The van der Waals surface area contributed by atoms with Gasteiger partial charge in [-0.1, -0.05) is 29.3 Å². The van der Waals surface area contributed by atoms with Gasteiger partial charge in [-0.15, -0.1) is 0 Å². The van der Waals surface area contributed by atoms with Crippen LogP contribution in [0.3, 0.4) is 0 Å². The molecule has 0 spiro atoms. The fourth-order valence-corrected chi connectivity index (χ4v) is 2.36. The number of halogens is 2. The van der Waals surface area contributed by atoms with Crippen molar-refractivity contribution in [1.82, 2.24) is 0 Å². The molecule has 0 aliphatic carbocycles. The molecule has 5 nitrogen and oxygen atoms in total. The Morgan fingerprint density at radius 3 is 2.52 bits per heavy atom. The van der Waals surface area contributed by atoms with Gasteiger partial charge in [0, 0.05) is 34.6 Å². The Kier molecular flexibility index (Phi) is 7.01. The average Bonchev–Trinajstić information content (AvgIpc) is 2.56. The lowest BCUT2D eigenvalue weighted by Gasteiger charge is -2.07. The molecule has 0 heterocycles. The van der Waals surface area contributed by atoms with Crippen LogP contribution in [0.5, 0.6) is 0 Å². The van der Waals surface area contributed by atoms with Crippen molar-refractivity contribution < 1.29 is 14.3 Å². The standard InChI is InChI=1S/C18H16Cl2N2O3/c1-25-11-18(24)22-15-4-2-3-14(10-15)21-17(23)8-5-12-9-13(19)6-7-16(12)20/h2-10H,11H2,1H3,(H,21,23)(H,22,24)/b8-5+. The predicted molar refractivity (Wildman–Crippen MR) is 101 cm³/mol. The minimum Gasteiger partial charge on any atom is -0.375 e. The molecule has 0 unspecified atom stereocenters. The maximum Gasteiger partial charge on any atom is 0.250 e. The summed E-state index contributed by atoms with van der Waals surface area (Å²) in [6.07, 6.45) is 2.93. The van der Waals surface area contributed by atoms with Crippen molar-refractivity contribution >= 4 is 52.5 Å². The molecule has 0 atom stereocenters. The van der Waals surface area contributed by atoms with Crippen LogP contribution in [0.4, 0.5) is 11.4 Å². The van der Waals surface area contributed by atoms with Crippen LogP contribution >= 0.6 is 23.2 Å². The van der Waals surface area contributed by atoms with Gasteiger partial charge < -0.3 is 15.4 Å². The molecule has 25 heavy (non-hydrogen) atoms. The Morgan fingerprint density at radius 1 is 1.08 bits per heavy atom. The van der Waals surface area contributed by atoms with Crippen LogP contribution in [0.25, 0.3) is 6.08 Å². The van der Waals surface area contributed by atoms with E-state index in [2.05, 4.69) is 10.6 Å². The lowest BCUT2D eigenvalue weighted by molar-refractivity contribution is -0.119. The lowest BCUT2D eigenvalue weighted by Crippen LogP contribution is -2.17. The first-order chi connectivity index (χ1) is 12.0. The normalized spacial score (nSPS) is 10.7. The monoisotopic (exact) mass is 378 g/mol. The molecule has 0 radical (unpaired) electrons. The SMILES string of the molecule is COCC(=O)Nc1cccc(NC(=O)/C=C/c2cc(Cl)ccc2Cl)c1. The second-order valence-electron chi connectivity index (χ2n) is 5.05. The van der Waals surface area contributed by atoms with E-state index in [0.29, 0.717) is 27.0 Å². The van der Waals surface area contributed by atoms with E-state index in [1.54, 1.807) is 48.5 Å². The number of hydrogen-bond acceptors (Lipinski definition) is 3. The minimum atomic E-state index is -0.337. The van der Waals surface area contributed by atoms with E-state index in [-0.39, 0.29) is 18.4 Å². The molecule has 0 aromatic heterocycles. The summed E-state index contributed by atoms with van der Waals surface area (Å²) in [5, 5.41) is 6.40. The van der Waals surface area contributed by atoms with E-state index < -0.39 is 0 Å². The largest absolute Gasteiger partial charge is 0.375 e. The minimum absolute atomic E-state index is 0.0419. The Labute approximate surface area is 155 Å². The van der Waals surface area contributed by atoms with Crippen LogP contribution in [0, 0.1) is 0 Å². The van der Waals surface area contributed by atoms with Gasteiger partial charge in [-0.05, 0) is 48.0 Å². The topological polar surface area (TPSA) is 67.4 Å². The number of carbonyl (C=O) groups is 2. The first-order valence-electron chi connectivity index (χ1n) is 7.31. The number of rotatable bonds is 6. The van der Waals surface area contributed by atoms with Crippen LogP contribution in [-0.4, -0.2) is 25.5 Å². The fourth-order valence-electron chi connectivity index (χ4n) is 1.99. The van der Waals surface area contributed by atoms with Gasteiger partial charge in [-0.25, -0.2) is 0 Å². The molecule has 2 aromatic carbocycles. The van der Waals surface area contributed by atoms with E-state index in [4.69, 9.17) is 27.9 Å². The zero-order chi connectivity index (χ0) is 18.2. The Morgan fingerprint density at radius 2 is 1.80 bits per heavy atom.